The highest BCUT2D eigenvalue weighted by Gasteiger charge is 2.08. The lowest BCUT2D eigenvalue weighted by Crippen LogP contribution is -2.25. The monoisotopic (exact) mass is 289 g/mol. The van der Waals surface area contributed by atoms with Crippen molar-refractivity contribution in [2.45, 2.75) is 6.42 Å². The van der Waals surface area contributed by atoms with Crippen LogP contribution in [0.4, 0.5) is 0 Å². The summed E-state index contributed by atoms with van der Waals surface area (Å²) in [4.78, 5) is 11.9. The van der Waals surface area contributed by atoms with Gasteiger partial charge in [0.25, 0.3) is 5.91 Å². The maximum atomic E-state index is 11.9. The fourth-order valence-electron chi connectivity index (χ4n) is 1.72. The molecule has 4 heteroatoms. The van der Waals surface area contributed by atoms with Gasteiger partial charge in [-0.25, -0.2) is 0 Å². The van der Waals surface area contributed by atoms with E-state index in [0.29, 0.717) is 23.7 Å². The van der Waals surface area contributed by atoms with Crippen molar-refractivity contribution in [3.05, 3.63) is 65.2 Å². The third kappa shape index (κ3) is 4.28. The van der Waals surface area contributed by atoms with Gasteiger partial charge in [0.15, 0.2) is 0 Å². The quantitative estimate of drug-likeness (QED) is 0.826. The number of nitrogens with one attached hydrogen (secondary N) is 1. The number of halogens is 1. The van der Waals surface area contributed by atoms with Crippen LogP contribution >= 0.6 is 11.6 Å². The Hall–Kier alpha value is -2.00. The molecule has 2 rings (SSSR count). The Balaban J connectivity index is 1.69. The van der Waals surface area contributed by atoms with E-state index in [4.69, 9.17) is 16.3 Å². The molecule has 1 amide bonds. The number of ether oxygens (including phenoxy) is 1. The van der Waals surface area contributed by atoms with Gasteiger partial charge in [-0.3, -0.25) is 4.79 Å². The number of hydrogen-bond donors (Lipinski definition) is 1. The minimum Gasteiger partial charge on any atom is -0.494 e. The average Bonchev–Trinajstić information content (AvgIpc) is 2.48. The molecule has 0 saturated carbocycles. The Morgan fingerprint density at radius 3 is 2.50 bits per heavy atom. The zero-order valence-electron chi connectivity index (χ0n) is 11.0. The van der Waals surface area contributed by atoms with Crippen molar-refractivity contribution in [3.63, 3.8) is 0 Å². The Morgan fingerprint density at radius 1 is 1.05 bits per heavy atom. The number of rotatable bonds is 6. The van der Waals surface area contributed by atoms with Crippen LogP contribution in [0.25, 0.3) is 0 Å². The molecule has 0 aliphatic rings. The predicted octanol–water partition coefficient (Wildman–Crippen LogP) is 3.54. The molecule has 0 heterocycles. The van der Waals surface area contributed by atoms with Crippen molar-refractivity contribution in [2.24, 2.45) is 0 Å². The second-order valence-corrected chi connectivity index (χ2v) is 4.66. The molecule has 0 aliphatic heterocycles. The summed E-state index contributed by atoms with van der Waals surface area (Å²) >= 11 is 5.95. The summed E-state index contributed by atoms with van der Waals surface area (Å²) in [5.41, 5.74) is 0.498. The van der Waals surface area contributed by atoms with Crippen molar-refractivity contribution < 1.29 is 9.53 Å². The highest BCUT2D eigenvalue weighted by atomic mass is 35.5. The molecular weight excluding hydrogens is 274 g/mol. The van der Waals surface area contributed by atoms with Crippen molar-refractivity contribution in [1.82, 2.24) is 5.32 Å². The molecule has 2 aromatic carbocycles. The van der Waals surface area contributed by atoms with Crippen molar-refractivity contribution in [1.29, 1.82) is 0 Å². The second kappa shape index (κ2) is 7.56. The number of hydrogen-bond acceptors (Lipinski definition) is 2. The first-order chi connectivity index (χ1) is 9.77. The Bertz CT molecular complexity index is 557. The fraction of sp³-hybridized carbons (Fsp3) is 0.188. The standard InChI is InChI=1S/C16H16ClNO2/c17-15-10-5-4-9-14(15)16(19)18-11-6-12-20-13-7-2-1-3-8-13/h1-5,7-10H,6,11-12H2,(H,18,19). The van der Waals surface area contributed by atoms with E-state index >= 15 is 0 Å². The third-order valence-electron chi connectivity index (χ3n) is 2.74. The van der Waals surface area contributed by atoms with Crippen LogP contribution in [0.15, 0.2) is 54.6 Å². The summed E-state index contributed by atoms with van der Waals surface area (Å²) in [6.07, 6.45) is 0.741. The van der Waals surface area contributed by atoms with Crippen molar-refractivity contribution in [3.8, 4) is 5.75 Å². The van der Waals surface area contributed by atoms with Crippen LogP contribution in [-0.4, -0.2) is 19.1 Å². The summed E-state index contributed by atoms with van der Waals surface area (Å²) in [6, 6.07) is 16.6. The molecule has 0 bridgehead atoms. The molecule has 0 spiro atoms. The Labute approximate surface area is 123 Å². The summed E-state index contributed by atoms with van der Waals surface area (Å²) in [6.45, 7) is 1.11. The first kappa shape index (κ1) is 14.4. The Kier molecular flexibility index (Phi) is 5.44. The molecule has 3 nitrogen and oxygen atoms in total. The van der Waals surface area contributed by atoms with Gasteiger partial charge in [0.1, 0.15) is 5.75 Å². The molecule has 0 fully saturated rings. The van der Waals surface area contributed by atoms with E-state index in [2.05, 4.69) is 5.32 Å². The van der Waals surface area contributed by atoms with E-state index in [1.165, 1.54) is 0 Å². The molecule has 0 aliphatic carbocycles. The highest BCUT2D eigenvalue weighted by Crippen LogP contribution is 2.14. The van der Waals surface area contributed by atoms with E-state index < -0.39 is 0 Å². The molecule has 0 unspecified atom stereocenters. The van der Waals surface area contributed by atoms with E-state index in [1.807, 2.05) is 30.3 Å². The van der Waals surface area contributed by atoms with Gasteiger partial charge in [-0.15, -0.1) is 0 Å². The van der Waals surface area contributed by atoms with Crippen LogP contribution in [0.3, 0.4) is 0 Å². The molecular formula is C16H16ClNO2. The minimum atomic E-state index is -0.157. The van der Waals surface area contributed by atoms with Crippen LogP contribution in [0.5, 0.6) is 5.75 Å². The van der Waals surface area contributed by atoms with Crippen molar-refractivity contribution >= 4 is 17.5 Å². The SMILES string of the molecule is O=C(NCCCOc1ccccc1)c1ccccc1Cl. The topological polar surface area (TPSA) is 38.3 Å². The van der Waals surface area contributed by atoms with E-state index in [-0.39, 0.29) is 5.91 Å². The first-order valence-corrected chi connectivity index (χ1v) is 6.86. The van der Waals surface area contributed by atoms with E-state index in [1.54, 1.807) is 24.3 Å². The zero-order valence-corrected chi connectivity index (χ0v) is 11.8. The second-order valence-electron chi connectivity index (χ2n) is 4.25. The van der Waals surface area contributed by atoms with Gasteiger partial charge in [0.05, 0.1) is 17.2 Å². The summed E-state index contributed by atoms with van der Waals surface area (Å²) in [5.74, 6) is 0.681. The summed E-state index contributed by atoms with van der Waals surface area (Å²) < 4.78 is 5.54. The predicted molar refractivity (Wildman–Crippen MR) is 80.3 cm³/mol. The lowest BCUT2D eigenvalue weighted by atomic mass is 10.2. The van der Waals surface area contributed by atoms with Gasteiger partial charge in [-0.2, -0.15) is 0 Å². The van der Waals surface area contributed by atoms with Gasteiger partial charge < -0.3 is 10.1 Å². The molecule has 0 atom stereocenters. The molecule has 0 aromatic heterocycles. The lowest BCUT2D eigenvalue weighted by Gasteiger charge is -2.08. The van der Waals surface area contributed by atoms with Gasteiger partial charge in [0, 0.05) is 6.54 Å². The van der Waals surface area contributed by atoms with E-state index in [0.717, 1.165) is 12.2 Å². The van der Waals surface area contributed by atoms with Crippen LogP contribution in [-0.2, 0) is 0 Å². The third-order valence-corrected chi connectivity index (χ3v) is 3.07. The molecule has 0 saturated heterocycles. The molecule has 1 N–H and O–H groups in total. The number of para-hydroxylation sites is 1. The average molecular weight is 290 g/mol. The smallest absolute Gasteiger partial charge is 0.252 e. The van der Waals surface area contributed by atoms with Gasteiger partial charge in [-0.05, 0) is 30.7 Å². The van der Waals surface area contributed by atoms with Gasteiger partial charge in [-0.1, -0.05) is 41.9 Å². The lowest BCUT2D eigenvalue weighted by molar-refractivity contribution is 0.0951. The maximum Gasteiger partial charge on any atom is 0.252 e. The van der Waals surface area contributed by atoms with Gasteiger partial charge in [0.2, 0.25) is 0 Å². The van der Waals surface area contributed by atoms with Crippen LogP contribution in [0.1, 0.15) is 16.8 Å². The molecule has 0 radical (unpaired) electrons. The minimum absolute atomic E-state index is 0.157. The van der Waals surface area contributed by atoms with Crippen LogP contribution < -0.4 is 10.1 Å². The molecule has 20 heavy (non-hydrogen) atoms. The zero-order chi connectivity index (χ0) is 14.2. The number of carbonyl (C=O) groups excluding carboxylic acids is 1. The van der Waals surface area contributed by atoms with Crippen LogP contribution in [0.2, 0.25) is 5.02 Å². The molecule has 2 aromatic rings. The Morgan fingerprint density at radius 2 is 1.75 bits per heavy atom. The highest BCUT2D eigenvalue weighted by molar-refractivity contribution is 6.33. The number of amides is 1. The number of benzene rings is 2. The van der Waals surface area contributed by atoms with Crippen molar-refractivity contribution in [2.75, 3.05) is 13.2 Å². The molecule has 104 valence electrons. The van der Waals surface area contributed by atoms with Crippen LogP contribution in [0, 0.1) is 0 Å². The largest absolute Gasteiger partial charge is 0.494 e. The first-order valence-electron chi connectivity index (χ1n) is 6.48. The summed E-state index contributed by atoms with van der Waals surface area (Å²) in [7, 11) is 0. The summed E-state index contributed by atoms with van der Waals surface area (Å²) in [5, 5.41) is 3.29. The fourth-order valence-corrected chi connectivity index (χ4v) is 1.94. The maximum absolute atomic E-state index is 11.9. The van der Waals surface area contributed by atoms with Gasteiger partial charge >= 0.3 is 0 Å². The normalized spacial score (nSPS) is 10.1. The van der Waals surface area contributed by atoms with E-state index in [9.17, 15) is 4.79 Å². The number of carbonyl (C=O) groups is 1.